The van der Waals surface area contributed by atoms with E-state index in [4.69, 9.17) is 16.9 Å². The summed E-state index contributed by atoms with van der Waals surface area (Å²) >= 11 is 5.76. The topological polar surface area (TPSA) is 61.6 Å². The fourth-order valence-corrected chi connectivity index (χ4v) is 1.27. The van der Waals surface area contributed by atoms with Crippen LogP contribution in [0.1, 0.15) is 5.69 Å². The number of rotatable bonds is 2. The van der Waals surface area contributed by atoms with Crippen LogP contribution in [-0.4, -0.2) is 10.2 Å². The number of anilines is 2. The average Bonchev–Trinajstić information content (AvgIpc) is 2.33. The lowest BCUT2D eigenvalue weighted by Gasteiger charge is -2.03. The third kappa shape index (κ3) is 2.47. The maximum absolute atomic E-state index is 8.56. The number of nitrogens with one attached hydrogen (secondary N) is 1. The van der Waals surface area contributed by atoms with Crippen molar-refractivity contribution in [2.75, 3.05) is 5.32 Å². The van der Waals surface area contributed by atoms with E-state index in [0.717, 1.165) is 5.69 Å². The third-order valence-electron chi connectivity index (χ3n) is 1.90. The van der Waals surface area contributed by atoms with Gasteiger partial charge in [-0.2, -0.15) is 5.26 Å². The van der Waals surface area contributed by atoms with Gasteiger partial charge < -0.3 is 5.32 Å². The van der Waals surface area contributed by atoms with Gasteiger partial charge in [0, 0.05) is 10.7 Å². The van der Waals surface area contributed by atoms with E-state index in [1.807, 2.05) is 18.2 Å². The number of halogens is 1. The smallest absolute Gasteiger partial charge is 0.163 e. The van der Waals surface area contributed by atoms with E-state index < -0.39 is 0 Å². The van der Waals surface area contributed by atoms with Crippen LogP contribution in [0.5, 0.6) is 0 Å². The number of hydrogen-bond donors (Lipinski definition) is 1. The molecular weight excluding hydrogens is 224 g/mol. The Hall–Kier alpha value is -2.12. The van der Waals surface area contributed by atoms with Gasteiger partial charge in [0.05, 0.1) is 0 Å². The molecule has 0 aliphatic rings. The fourth-order valence-electron chi connectivity index (χ4n) is 1.14. The van der Waals surface area contributed by atoms with Crippen molar-refractivity contribution in [2.24, 2.45) is 0 Å². The summed E-state index contributed by atoms with van der Waals surface area (Å²) in [5.74, 6) is 0.585. The lowest BCUT2D eigenvalue weighted by Crippen LogP contribution is -1.96. The van der Waals surface area contributed by atoms with E-state index in [1.54, 1.807) is 24.3 Å². The molecule has 2 rings (SSSR count). The van der Waals surface area contributed by atoms with Crippen molar-refractivity contribution in [3.8, 4) is 6.07 Å². The summed E-state index contributed by atoms with van der Waals surface area (Å²) in [7, 11) is 0. The first-order valence-electron chi connectivity index (χ1n) is 4.54. The van der Waals surface area contributed by atoms with Crippen LogP contribution in [-0.2, 0) is 0 Å². The summed E-state index contributed by atoms with van der Waals surface area (Å²) < 4.78 is 0. The lowest BCUT2D eigenvalue weighted by atomic mass is 10.3. The predicted molar refractivity (Wildman–Crippen MR) is 61.5 cm³/mol. The zero-order chi connectivity index (χ0) is 11.4. The minimum absolute atomic E-state index is 0.293. The molecule has 0 aliphatic heterocycles. The summed E-state index contributed by atoms with van der Waals surface area (Å²) in [5, 5.41) is 19.8. The molecule has 0 spiro atoms. The van der Waals surface area contributed by atoms with Crippen molar-refractivity contribution >= 4 is 23.1 Å². The Kier molecular flexibility index (Phi) is 2.99. The number of nitrogens with zero attached hydrogens (tertiary/aromatic N) is 3. The second-order valence-corrected chi connectivity index (χ2v) is 3.48. The zero-order valence-corrected chi connectivity index (χ0v) is 8.94. The lowest BCUT2D eigenvalue weighted by molar-refractivity contribution is 1.01. The van der Waals surface area contributed by atoms with Crippen molar-refractivity contribution < 1.29 is 0 Å². The highest BCUT2D eigenvalue weighted by Gasteiger charge is 1.97. The van der Waals surface area contributed by atoms with Crippen LogP contribution in [0.2, 0.25) is 5.02 Å². The number of nitriles is 1. The van der Waals surface area contributed by atoms with Gasteiger partial charge in [0.2, 0.25) is 0 Å². The Bertz CT molecular complexity index is 513. The highest BCUT2D eigenvalue weighted by Crippen LogP contribution is 2.16. The normalized spacial score (nSPS) is 9.50. The first-order valence-corrected chi connectivity index (χ1v) is 4.92. The van der Waals surface area contributed by atoms with E-state index in [0.29, 0.717) is 16.5 Å². The number of benzene rings is 1. The summed E-state index contributed by atoms with van der Waals surface area (Å²) in [6.07, 6.45) is 0. The SMILES string of the molecule is N#Cc1ccc(Nc2ccc(Cl)cc2)nn1. The Morgan fingerprint density at radius 1 is 1.06 bits per heavy atom. The van der Waals surface area contributed by atoms with Crippen LogP contribution in [0.4, 0.5) is 11.5 Å². The van der Waals surface area contributed by atoms with Crippen LogP contribution in [0.25, 0.3) is 0 Å². The molecule has 2 aromatic rings. The van der Waals surface area contributed by atoms with Gasteiger partial charge in [0.1, 0.15) is 6.07 Å². The van der Waals surface area contributed by atoms with Crippen molar-refractivity contribution in [3.63, 3.8) is 0 Å². The van der Waals surface area contributed by atoms with Crippen molar-refractivity contribution in [2.45, 2.75) is 0 Å². The Balaban J connectivity index is 2.15. The minimum Gasteiger partial charge on any atom is -0.339 e. The van der Waals surface area contributed by atoms with E-state index in [1.165, 1.54) is 0 Å². The number of aromatic nitrogens is 2. The average molecular weight is 231 g/mol. The van der Waals surface area contributed by atoms with E-state index in [-0.39, 0.29) is 0 Å². The molecule has 0 saturated heterocycles. The van der Waals surface area contributed by atoms with Gasteiger partial charge in [-0.1, -0.05) is 11.6 Å². The molecule has 5 heteroatoms. The standard InChI is InChI=1S/C11H7ClN4/c12-8-1-3-9(4-2-8)14-11-6-5-10(7-13)15-16-11/h1-6H,(H,14,16). The molecule has 0 saturated carbocycles. The first kappa shape index (κ1) is 10.4. The van der Waals surface area contributed by atoms with Gasteiger partial charge in [-0.05, 0) is 36.4 Å². The monoisotopic (exact) mass is 230 g/mol. The highest BCUT2D eigenvalue weighted by molar-refractivity contribution is 6.30. The highest BCUT2D eigenvalue weighted by atomic mass is 35.5. The molecule has 1 aromatic heterocycles. The fraction of sp³-hybridized carbons (Fsp3) is 0. The molecule has 0 atom stereocenters. The van der Waals surface area contributed by atoms with Gasteiger partial charge in [-0.15, -0.1) is 10.2 Å². The van der Waals surface area contributed by atoms with Crippen LogP contribution in [0, 0.1) is 11.3 Å². The summed E-state index contributed by atoms with van der Waals surface area (Å²) in [4.78, 5) is 0. The summed E-state index contributed by atoms with van der Waals surface area (Å²) in [6.45, 7) is 0. The van der Waals surface area contributed by atoms with Crippen LogP contribution in [0.3, 0.4) is 0 Å². The zero-order valence-electron chi connectivity index (χ0n) is 8.18. The predicted octanol–water partition coefficient (Wildman–Crippen LogP) is 2.75. The second kappa shape index (κ2) is 4.60. The molecular formula is C11H7ClN4. The van der Waals surface area contributed by atoms with Gasteiger partial charge in [-0.3, -0.25) is 0 Å². The van der Waals surface area contributed by atoms with Crippen LogP contribution in [0.15, 0.2) is 36.4 Å². The largest absolute Gasteiger partial charge is 0.339 e. The molecule has 0 amide bonds. The van der Waals surface area contributed by atoms with Crippen molar-refractivity contribution in [3.05, 3.63) is 47.1 Å². The molecule has 0 bridgehead atoms. The molecule has 1 N–H and O–H groups in total. The van der Waals surface area contributed by atoms with Gasteiger partial charge in [0.25, 0.3) is 0 Å². The van der Waals surface area contributed by atoms with E-state index in [2.05, 4.69) is 15.5 Å². The second-order valence-electron chi connectivity index (χ2n) is 3.05. The molecule has 1 aromatic carbocycles. The quantitative estimate of drug-likeness (QED) is 0.862. The van der Waals surface area contributed by atoms with Crippen LogP contribution >= 0.6 is 11.6 Å². The Morgan fingerprint density at radius 3 is 2.38 bits per heavy atom. The van der Waals surface area contributed by atoms with E-state index >= 15 is 0 Å². The Labute approximate surface area is 97.5 Å². The van der Waals surface area contributed by atoms with Gasteiger partial charge in [-0.25, -0.2) is 0 Å². The third-order valence-corrected chi connectivity index (χ3v) is 2.15. The maximum atomic E-state index is 8.56. The molecule has 1 heterocycles. The molecule has 78 valence electrons. The minimum atomic E-state index is 0.293. The molecule has 0 fully saturated rings. The number of hydrogen-bond acceptors (Lipinski definition) is 4. The molecule has 0 aliphatic carbocycles. The summed E-state index contributed by atoms with van der Waals surface area (Å²) in [5.41, 5.74) is 1.16. The van der Waals surface area contributed by atoms with E-state index in [9.17, 15) is 0 Å². The molecule has 16 heavy (non-hydrogen) atoms. The maximum Gasteiger partial charge on any atom is 0.163 e. The summed E-state index contributed by atoms with van der Waals surface area (Å²) in [6, 6.07) is 12.4. The van der Waals surface area contributed by atoms with Gasteiger partial charge in [0.15, 0.2) is 11.5 Å². The molecule has 0 unspecified atom stereocenters. The molecule has 0 radical (unpaired) electrons. The van der Waals surface area contributed by atoms with Gasteiger partial charge >= 0.3 is 0 Å². The van der Waals surface area contributed by atoms with Crippen molar-refractivity contribution in [1.82, 2.24) is 10.2 Å². The first-order chi connectivity index (χ1) is 7.78. The van der Waals surface area contributed by atoms with Crippen LogP contribution < -0.4 is 5.32 Å². The molecule has 4 nitrogen and oxygen atoms in total. The van der Waals surface area contributed by atoms with Crippen molar-refractivity contribution in [1.29, 1.82) is 5.26 Å². The Morgan fingerprint density at radius 2 is 1.81 bits per heavy atom.